The van der Waals surface area contributed by atoms with Gasteiger partial charge >= 0.3 is 0 Å². The zero-order valence-electron chi connectivity index (χ0n) is 9.92. The molecule has 0 aliphatic carbocycles. The first-order valence-electron chi connectivity index (χ1n) is 5.68. The van der Waals surface area contributed by atoms with E-state index >= 15 is 0 Å². The summed E-state index contributed by atoms with van der Waals surface area (Å²) in [5.74, 6) is 0. The SMILES string of the molecule is C/C=C/CCNC(CN)c1ccc(Cl)c(Cl)c1. The Labute approximate surface area is 113 Å². The summed E-state index contributed by atoms with van der Waals surface area (Å²) in [6.07, 6.45) is 5.15. The highest BCUT2D eigenvalue weighted by Crippen LogP contribution is 2.25. The summed E-state index contributed by atoms with van der Waals surface area (Å²) < 4.78 is 0. The minimum atomic E-state index is 0.120. The number of halogens is 2. The van der Waals surface area contributed by atoms with Gasteiger partial charge in [-0.3, -0.25) is 0 Å². The summed E-state index contributed by atoms with van der Waals surface area (Å²) in [6.45, 7) is 3.44. The summed E-state index contributed by atoms with van der Waals surface area (Å²) in [5, 5.41) is 4.53. The topological polar surface area (TPSA) is 38.0 Å². The lowest BCUT2D eigenvalue weighted by molar-refractivity contribution is 0.548. The Bertz CT molecular complexity index is 378. The number of nitrogens with one attached hydrogen (secondary N) is 1. The van der Waals surface area contributed by atoms with E-state index in [0.717, 1.165) is 18.5 Å². The zero-order valence-corrected chi connectivity index (χ0v) is 11.4. The van der Waals surface area contributed by atoms with Gasteiger partial charge in [-0.2, -0.15) is 0 Å². The van der Waals surface area contributed by atoms with Crippen LogP contribution in [0.1, 0.15) is 24.9 Å². The molecule has 0 radical (unpaired) electrons. The third-order valence-corrected chi connectivity index (χ3v) is 3.26. The van der Waals surface area contributed by atoms with Gasteiger partial charge in [0.25, 0.3) is 0 Å². The molecule has 4 heteroatoms. The monoisotopic (exact) mass is 272 g/mol. The molecule has 1 rings (SSSR count). The third-order valence-electron chi connectivity index (χ3n) is 2.52. The maximum Gasteiger partial charge on any atom is 0.0595 e. The van der Waals surface area contributed by atoms with Crippen LogP contribution in [-0.2, 0) is 0 Å². The molecule has 0 aliphatic rings. The van der Waals surface area contributed by atoms with Gasteiger partial charge in [0.15, 0.2) is 0 Å². The van der Waals surface area contributed by atoms with Gasteiger partial charge in [-0.05, 0) is 37.6 Å². The minimum Gasteiger partial charge on any atom is -0.329 e. The molecule has 0 fully saturated rings. The van der Waals surface area contributed by atoms with Crippen molar-refractivity contribution in [2.24, 2.45) is 5.73 Å². The lowest BCUT2D eigenvalue weighted by atomic mass is 10.1. The number of rotatable bonds is 6. The fourth-order valence-electron chi connectivity index (χ4n) is 1.57. The summed E-state index contributed by atoms with van der Waals surface area (Å²) >= 11 is 11.9. The van der Waals surface area contributed by atoms with Crippen LogP contribution in [0.2, 0.25) is 10.0 Å². The second-order valence-corrected chi connectivity index (χ2v) is 4.59. The Morgan fingerprint density at radius 3 is 2.71 bits per heavy atom. The quantitative estimate of drug-likeness (QED) is 0.614. The van der Waals surface area contributed by atoms with Crippen LogP contribution >= 0.6 is 23.2 Å². The predicted octanol–water partition coefficient (Wildman–Crippen LogP) is 3.55. The van der Waals surface area contributed by atoms with Gasteiger partial charge in [0.2, 0.25) is 0 Å². The van der Waals surface area contributed by atoms with Crippen LogP contribution in [0.25, 0.3) is 0 Å². The molecular weight excluding hydrogens is 255 g/mol. The number of hydrogen-bond acceptors (Lipinski definition) is 2. The molecule has 0 spiro atoms. The summed E-state index contributed by atoms with van der Waals surface area (Å²) in [7, 11) is 0. The predicted molar refractivity (Wildman–Crippen MR) is 75.7 cm³/mol. The molecule has 0 amide bonds. The van der Waals surface area contributed by atoms with Crippen molar-refractivity contribution in [3.05, 3.63) is 46.0 Å². The van der Waals surface area contributed by atoms with E-state index in [1.807, 2.05) is 25.1 Å². The van der Waals surface area contributed by atoms with Crippen LogP contribution in [-0.4, -0.2) is 13.1 Å². The van der Waals surface area contributed by atoms with Crippen LogP contribution in [0.4, 0.5) is 0 Å². The lowest BCUT2D eigenvalue weighted by Crippen LogP contribution is -2.28. The Morgan fingerprint density at radius 2 is 2.12 bits per heavy atom. The maximum absolute atomic E-state index is 5.99. The third kappa shape index (κ3) is 4.68. The first-order valence-corrected chi connectivity index (χ1v) is 6.44. The second-order valence-electron chi connectivity index (χ2n) is 3.77. The van der Waals surface area contributed by atoms with E-state index in [1.165, 1.54) is 0 Å². The first kappa shape index (κ1) is 14.5. The maximum atomic E-state index is 5.99. The molecule has 1 atom stereocenters. The van der Waals surface area contributed by atoms with E-state index in [-0.39, 0.29) is 6.04 Å². The minimum absolute atomic E-state index is 0.120. The van der Waals surface area contributed by atoms with Gasteiger partial charge in [0, 0.05) is 12.6 Å². The molecule has 0 aliphatic heterocycles. The normalized spacial score (nSPS) is 13.2. The molecule has 0 saturated heterocycles. The molecular formula is C13H18Cl2N2. The van der Waals surface area contributed by atoms with Gasteiger partial charge in [-0.15, -0.1) is 0 Å². The van der Waals surface area contributed by atoms with Gasteiger partial charge in [-0.25, -0.2) is 0 Å². The molecule has 17 heavy (non-hydrogen) atoms. The molecule has 3 N–H and O–H groups in total. The summed E-state index contributed by atoms with van der Waals surface area (Å²) in [4.78, 5) is 0. The second kappa shape index (κ2) is 7.72. The number of hydrogen-bond donors (Lipinski definition) is 2. The Hall–Kier alpha value is -0.540. The molecule has 0 bridgehead atoms. The highest BCUT2D eigenvalue weighted by atomic mass is 35.5. The van der Waals surface area contributed by atoms with E-state index < -0.39 is 0 Å². The lowest BCUT2D eigenvalue weighted by Gasteiger charge is -2.17. The van der Waals surface area contributed by atoms with Crippen molar-refractivity contribution in [2.45, 2.75) is 19.4 Å². The van der Waals surface area contributed by atoms with Crippen LogP contribution in [0.15, 0.2) is 30.4 Å². The van der Waals surface area contributed by atoms with Crippen molar-refractivity contribution in [3.8, 4) is 0 Å². The van der Waals surface area contributed by atoms with E-state index in [2.05, 4.69) is 11.4 Å². The fraction of sp³-hybridized carbons (Fsp3) is 0.385. The average molecular weight is 273 g/mol. The first-order chi connectivity index (χ1) is 8.19. The van der Waals surface area contributed by atoms with Crippen molar-refractivity contribution in [2.75, 3.05) is 13.1 Å². The summed E-state index contributed by atoms with van der Waals surface area (Å²) in [6, 6.07) is 5.74. The Balaban J connectivity index is 2.62. The molecule has 1 unspecified atom stereocenters. The van der Waals surface area contributed by atoms with Gasteiger partial charge < -0.3 is 11.1 Å². The van der Waals surface area contributed by atoms with Gasteiger partial charge in [0.05, 0.1) is 10.0 Å². The molecule has 0 saturated carbocycles. The molecule has 2 nitrogen and oxygen atoms in total. The van der Waals surface area contributed by atoms with Crippen molar-refractivity contribution < 1.29 is 0 Å². The molecule has 0 heterocycles. The van der Waals surface area contributed by atoms with E-state index in [0.29, 0.717) is 16.6 Å². The number of benzene rings is 1. The van der Waals surface area contributed by atoms with E-state index in [1.54, 1.807) is 6.07 Å². The molecule has 1 aromatic rings. The average Bonchev–Trinajstić information content (AvgIpc) is 2.33. The van der Waals surface area contributed by atoms with Crippen molar-refractivity contribution in [1.29, 1.82) is 0 Å². The van der Waals surface area contributed by atoms with E-state index in [4.69, 9.17) is 28.9 Å². The highest BCUT2D eigenvalue weighted by molar-refractivity contribution is 6.42. The summed E-state index contributed by atoms with van der Waals surface area (Å²) in [5.41, 5.74) is 6.82. The standard InChI is InChI=1S/C13H18Cl2N2/c1-2-3-4-7-17-13(9-16)10-5-6-11(14)12(15)8-10/h2-3,5-6,8,13,17H,4,7,9,16H2,1H3/b3-2+. The fourth-order valence-corrected chi connectivity index (χ4v) is 1.88. The van der Waals surface area contributed by atoms with Crippen LogP contribution in [0, 0.1) is 0 Å². The molecule has 94 valence electrons. The Kier molecular flexibility index (Phi) is 6.60. The van der Waals surface area contributed by atoms with Crippen LogP contribution in [0.5, 0.6) is 0 Å². The largest absolute Gasteiger partial charge is 0.329 e. The van der Waals surface area contributed by atoms with E-state index in [9.17, 15) is 0 Å². The zero-order chi connectivity index (χ0) is 12.7. The van der Waals surface area contributed by atoms with Crippen molar-refractivity contribution in [3.63, 3.8) is 0 Å². The number of nitrogens with two attached hydrogens (primary N) is 1. The highest BCUT2D eigenvalue weighted by Gasteiger charge is 2.09. The van der Waals surface area contributed by atoms with Crippen molar-refractivity contribution >= 4 is 23.2 Å². The Morgan fingerprint density at radius 1 is 1.35 bits per heavy atom. The van der Waals surface area contributed by atoms with Crippen LogP contribution in [0.3, 0.4) is 0 Å². The number of allylic oxidation sites excluding steroid dienone is 1. The van der Waals surface area contributed by atoms with Crippen LogP contribution < -0.4 is 11.1 Å². The smallest absolute Gasteiger partial charge is 0.0595 e. The molecule has 0 aromatic heterocycles. The van der Waals surface area contributed by atoms with Gasteiger partial charge in [0.1, 0.15) is 0 Å². The van der Waals surface area contributed by atoms with Gasteiger partial charge in [-0.1, -0.05) is 41.4 Å². The van der Waals surface area contributed by atoms with Crippen molar-refractivity contribution in [1.82, 2.24) is 5.32 Å². The molecule has 1 aromatic carbocycles.